The van der Waals surface area contributed by atoms with E-state index in [-0.39, 0.29) is 0 Å². The average Bonchev–Trinajstić information content (AvgIpc) is 2.15. The lowest BCUT2D eigenvalue weighted by atomic mass is 9.73. The molecule has 1 unspecified atom stereocenters. The van der Waals surface area contributed by atoms with Crippen molar-refractivity contribution in [2.45, 2.75) is 72.3 Å². The highest BCUT2D eigenvalue weighted by atomic mass is 15.0. The minimum atomic E-state index is 0.436. The minimum Gasteiger partial charge on any atom is -0.311 e. The molecule has 0 amide bonds. The zero-order valence-electron chi connectivity index (χ0n) is 11.3. The first-order chi connectivity index (χ1) is 6.86. The molecule has 1 rings (SSSR count). The number of hydrogen-bond donors (Lipinski definition) is 1. The van der Waals surface area contributed by atoms with Crippen LogP contribution in [0.5, 0.6) is 0 Å². The monoisotopic (exact) mass is 211 g/mol. The van der Waals surface area contributed by atoms with Gasteiger partial charge in [-0.3, -0.25) is 0 Å². The van der Waals surface area contributed by atoms with Crippen LogP contribution in [-0.2, 0) is 0 Å². The van der Waals surface area contributed by atoms with E-state index in [1.807, 2.05) is 0 Å². The van der Waals surface area contributed by atoms with Crippen LogP contribution < -0.4 is 5.32 Å². The maximum atomic E-state index is 3.80. The summed E-state index contributed by atoms with van der Waals surface area (Å²) in [5.74, 6) is 0.764. The fourth-order valence-corrected chi connectivity index (χ4v) is 2.58. The van der Waals surface area contributed by atoms with Crippen molar-refractivity contribution < 1.29 is 0 Å². The summed E-state index contributed by atoms with van der Waals surface area (Å²) in [7, 11) is 0. The van der Waals surface area contributed by atoms with E-state index in [4.69, 9.17) is 0 Å². The third-order valence-corrected chi connectivity index (χ3v) is 3.95. The van der Waals surface area contributed by atoms with Crippen LogP contribution in [0.4, 0.5) is 0 Å². The molecule has 1 aliphatic heterocycles. The van der Waals surface area contributed by atoms with Crippen LogP contribution in [-0.4, -0.2) is 12.1 Å². The standard InChI is InChI=1S/C14H29N/c1-12(2)14(8-6-7-11-15-14)10-9-13(3,4)5/h12,15H,6-11H2,1-5H3. The van der Waals surface area contributed by atoms with Crippen LogP contribution >= 0.6 is 0 Å². The van der Waals surface area contributed by atoms with E-state index in [0.29, 0.717) is 11.0 Å². The number of rotatable bonds is 3. The van der Waals surface area contributed by atoms with Crippen LogP contribution in [0.2, 0.25) is 0 Å². The summed E-state index contributed by atoms with van der Waals surface area (Å²) in [4.78, 5) is 0. The zero-order chi connectivity index (χ0) is 11.5. The highest BCUT2D eigenvalue weighted by molar-refractivity contribution is 4.94. The fourth-order valence-electron chi connectivity index (χ4n) is 2.58. The Kier molecular flexibility index (Phi) is 4.22. The predicted molar refractivity (Wildman–Crippen MR) is 68.1 cm³/mol. The second-order valence-corrected chi connectivity index (χ2v) is 6.76. The maximum Gasteiger partial charge on any atom is 0.0204 e. The van der Waals surface area contributed by atoms with Crippen molar-refractivity contribution in [1.82, 2.24) is 5.32 Å². The van der Waals surface area contributed by atoms with Crippen LogP contribution in [0.1, 0.15) is 66.7 Å². The molecule has 1 fully saturated rings. The van der Waals surface area contributed by atoms with E-state index in [1.165, 1.54) is 38.6 Å². The third kappa shape index (κ3) is 3.79. The Hall–Kier alpha value is -0.0400. The van der Waals surface area contributed by atoms with E-state index in [1.54, 1.807) is 0 Å². The molecule has 1 N–H and O–H groups in total. The first-order valence-electron chi connectivity index (χ1n) is 6.61. The topological polar surface area (TPSA) is 12.0 Å². The quantitative estimate of drug-likeness (QED) is 0.744. The molecule has 0 aromatic heterocycles. The normalized spacial score (nSPS) is 28.4. The smallest absolute Gasteiger partial charge is 0.0204 e. The molecular weight excluding hydrogens is 182 g/mol. The van der Waals surface area contributed by atoms with Crippen molar-refractivity contribution >= 4 is 0 Å². The van der Waals surface area contributed by atoms with Gasteiger partial charge in [0.25, 0.3) is 0 Å². The lowest BCUT2D eigenvalue weighted by molar-refractivity contribution is 0.147. The molecule has 0 aromatic carbocycles. The van der Waals surface area contributed by atoms with Crippen molar-refractivity contribution in [1.29, 1.82) is 0 Å². The molecule has 0 radical (unpaired) electrons. The molecule has 90 valence electrons. The minimum absolute atomic E-state index is 0.436. The molecule has 15 heavy (non-hydrogen) atoms. The van der Waals surface area contributed by atoms with E-state index in [0.717, 1.165) is 5.92 Å². The molecule has 0 aliphatic carbocycles. The lowest BCUT2D eigenvalue weighted by Crippen LogP contribution is -2.52. The molecule has 1 nitrogen and oxygen atoms in total. The number of nitrogens with one attached hydrogen (secondary N) is 1. The molecule has 0 saturated carbocycles. The highest BCUT2D eigenvalue weighted by Crippen LogP contribution is 2.35. The van der Waals surface area contributed by atoms with Gasteiger partial charge in [-0.05, 0) is 43.6 Å². The Balaban J connectivity index is 2.57. The molecular formula is C14H29N. The average molecular weight is 211 g/mol. The summed E-state index contributed by atoms with van der Waals surface area (Å²) in [6.07, 6.45) is 6.83. The summed E-state index contributed by atoms with van der Waals surface area (Å²) in [5.41, 5.74) is 0.909. The summed E-state index contributed by atoms with van der Waals surface area (Å²) in [6.45, 7) is 13.0. The Labute approximate surface area is 96.0 Å². The van der Waals surface area contributed by atoms with E-state index < -0.39 is 0 Å². The summed E-state index contributed by atoms with van der Waals surface area (Å²) >= 11 is 0. The van der Waals surface area contributed by atoms with Gasteiger partial charge < -0.3 is 5.32 Å². The van der Waals surface area contributed by atoms with Gasteiger partial charge in [0.1, 0.15) is 0 Å². The Morgan fingerprint density at radius 3 is 2.27 bits per heavy atom. The van der Waals surface area contributed by atoms with Gasteiger partial charge in [-0.2, -0.15) is 0 Å². The first kappa shape index (κ1) is 13.0. The number of piperidine rings is 1. The van der Waals surface area contributed by atoms with Gasteiger partial charge in [-0.25, -0.2) is 0 Å². The van der Waals surface area contributed by atoms with Crippen molar-refractivity contribution in [3.63, 3.8) is 0 Å². The fraction of sp³-hybridized carbons (Fsp3) is 1.00. The van der Waals surface area contributed by atoms with Gasteiger partial charge in [-0.1, -0.05) is 41.0 Å². The van der Waals surface area contributed by atoms with Gasteiger partial charge >= 0.3 is 0 Å². The molecule has 1 atom stereocenters. The Morgan fingerprint density at radius 1 is 1.20 bits per heavy atom. The molecule has 0 bridgehead atoms. The summed E-state index contributed by atoms with van der Waals surface area (Å²) < 4.78 is 0. The van der Waals surface area contributed by atoms with Crippen molar-refractivity contribution in [3.05, 3.63) is 0 Å². The lowest BCUT2D eigenvalue weighted by Gasteiger charge is -2.43. The van der Waals surface area contributed by atoms with E-state index >= 15 is 0 Å². The summed E-state index contributed by atoms with van der Waals surface area (Å²) in [5, 5.41) is 3.80. The van der Waals surface area contributed by atoms with E-state index in [2.05, 4.69) is 39.9 Å². The maximum absolute atomic E-state index is 3.80. The highest BCUT2D eigenvalue weighted by Gasteiger charge is 2.35. The molecule has 1 saturated heterocycles. The second-order valence-electron chi connectivity index (χ2n) is 6.76. The van der Waals surface area contributed by atoms with Gasteiger partial charge in [0.15, 0.2) is 0 Å². The van der Waals surface area contributed by atoms with Crippen molar-refractivity contribution in [2.24, 2.45) is 11.3 Å². The van der Waals surface area contributed by atoms with Gasteiger partial charge in [-0.15, -0.1) is 0 Å². The summed E-state index contributed by atoms with van der Waals surface area (Å²) in [6, 6.07) is 0. The molecule has 1 heterocycles. The van der Waals surface area contributed by atoms with Crippen LogP contribution in [0.15, 0.2) is 0 Å². The molecule has 1 aliphatic rings. The van der Waals surface area contributed by atoms with Gasteiger partial charge in [0, 0.05) is 5.54 Å². The second kappa shape index (κ2) is 4.86. The van der Waals surface area contributed by atoms with Crippen molar-refractivity contribution in [3.8, 4) is 0 Å². The number of hydrogen-bond acceptors (Lipinski definition) is 1. The van der Waals surface area contributed by atoms with Gasteiger partial charge in [0.05, 0.1) is 0 Å². The third-order valence-electron chi connectivity index (χ3n) is 3.95. The van der Waals surface area contributed by atoms with Crippen LogP contribution in [0, 0.1) is 11.3 Å². The Morgan fingerprint density at radius 2 is 1.87 bits per heavy atom. The SMILES string of the molecule is CC(C)C1(CCC(C)(C)C)CCCCN1. The largest absolute Gasteiger partial charge is 0.311 e. The predicted octanol–water partition coefficient (Wildman–Crippen LogP) is 3.98. The molecule has 0 aromatic rings. The van der Waals surface area contributed by atoms with E-state index in [9.17, 15) is 0 Å². The van der Waals surface area contributed by atoms with Gasteiger partial charge in [0.2, 0.25) is 0 Å². The molecule has 1 heteroatoms. The van der Waals surface area contributed by atoms with Crippen LogP contribution in [0.25, 0.3) is 0 Å². The zero-order valence-corrected chi connectivity index (χ0v) is 11.3. The first-order valence-corrected chi connectivity index (χ1v) is 6.61. The Bertz CT molecular complexity index is 182. The van der Waals surface area contributed by atoms with Crippen molar-refractivity contribution in [2.75, 3.05) is 6.54 Å². The molecule has 0 spiro atoms. The van der Waals surface area contributed by atoms with Crippen LogP contribution in [0.3, 0.4) is 0 Å².